The molecule has 4 N–H and O–H groups in total. The van der Waals surface area contributed by atoms with Gasteiger partial charge in [0, 0.05) is 5.39 Å². The molecule has 3 rings (SSSR count). The minimum atomic E-state index is 0.631. The van der Waals surface area contributed by atoms with Crippen molar-refractivity contribution in [2.75, 3.05) is 23.5 Å². The minimum absolute atomic E-state index is 0.631. The summed E-state index contributed by atoms with van der Waals surface area (Å²) in [5, 5.41) is 0.927. The van der Waals surface area contributed by atoms with E-state index in [4.69, 9.17) is 16.5 Å². The maximum Gasteiger partial charge on any atom is 0.0773 e. The predicted octanol–water partition coefficient (Wildman–Crippen LogP) is 4.36. The summed E-state index contributed by atoms with van der Waals surface area (Å²) < 4.78 is 0. The molecule has 4 heteroatoms. The molecule has 1 heterocycles. The molecule has 0 saturated heterocycles. The number of fused-ring (bicyclic) bond motifs is 1. The standard InChI is InChI=1S/C19H21N3S/c1-23-11-5-8-16-19(21)18(20)15-10-9-14(12-17(15)22-16)13-6-3-2-4-7-13/h2-4,6-7,9-10,12H,5,8,11,21H2,1H3,(H2,20,22). The smallest absolute Gasteiger partial charge is 0.0773 e. The van der Waals surface area contributed by atoms with E-state index in [2.05, 4.69) is 30.5 Å². The van der Waals surface area contributed by atoms with Crippen LogP contribution in [-0.2, 0) is 6.42 Å². The number of anilines is 2. The highest BCUT2D eigenvalue weighted by Crippen LogP contribution is 2.31. The molecule has 3 nitrogen and oxygen atoms in total. The summed E-state index contributed by atoms with van der Waals surface area (Å²) in [4.78, 5) is 4.78. The summed E-state index contributed by atoms with van der Waals surface area (Å²) in [5.74, 6) is 1.10. The third-order valence-electron chi connectivity index (χ3n) is 4.01. The van der Waals surface area contributed by atoms with E-state index in [1.165, 1.54) is 5.56 Å². The number of pyridine rings is 1. The van der Waals surface area contributed by atoms with Gasteiger partial charge in [0.2, 0.25) is 0 Å². The Balaban J connectivity index is 2.05. The molecule has 2 aromatic carbocycles. The maximum atomic E-state index is 6.24. The Morgan fingerprint density at radius 1 is 0.957 bits per heavy atom. The molecule has 3 aromatic rings. The van der Waals surface area contributed by atoms with E-state index in [1.807, 2.05) is 36.0 Å². The second-order valence-corrected chi connectivity index (χ2v) is 6.57. The van der Waals surface area contributed by atoms with Gasteiger partial charge in [0.05, 0.1) is 22.6 Å². The van der Waals surface area contributed by atoms with Crippen molar-refractivity contribution in [1.29, 1.82) is 0 Å². The van der Waals surface area contributed by atoms with Crippen LogP contribution in [-0.4, -0.2) is 17.0 Å². The average Bonchev–Trinajstić information content (AvgIpc) is 2.59. The SMILES string of the molecule is CSCCCc1nc2cc(-c3ccccc3)ccc2c(N)c1N. The van der Waals surface area contributed by atoms with Gasteiger partial charge in [-0.05, 0) is 42.0 Å². The van der Waals surface area contributed by atoms with Gasteiger partial charge in [0.15, 0.2) is 0 Å². The van der Waals surface area contributed by atoms with Gasteiger partial charge in [-0.3, -0.25) is 4.98 Å². The predicted molar refractivity (Wildman–Crippen MR) is 103 cm³/mol. The van der Waals surface area contributed by atoms with Crippen molar-refractivity contribution in [3.63, 3.8) is 0 Å². The highest BCUT2D eigenvalue weighted by Gasteiger charge is 2.11. The topological polar surface area (TPSA) is 64.9 Å². The normalized spacial score (nSPS) is 11.0. The Morgan fingerprint density at radius 3 is 2.48 bits per heavy atom. The zero-order valence-corrected chi connectivity index (χ0v) is 14.1. The van der Waals surface area contributed by atoms with E-state index in [1.54, 1.807) is 0 Å². The van der Waals surface area contributed by atoms with Crippen molar-refractivity contribution in [3.05, 3.63) is 54.2 Å². The molecule has 0 aliphatic carbocycles. The largest absolute Gasteiger partial charge is 0.396 e. The Hall–Kier alpha value is -2.20. The molecule has 0 aliphatic rings. The molecule has 0 bridgehead atoms. The van der Waals surface area contributed by atoms with Gasteiger partial charge >= 0.3 is 0 Å². The summed E-state index contributed by atoms with van der Waals surface area (Å²) in [7, 11) is 0. The first kappa shape index (κ1) is 15.7. The number of hydrogen-bond donors (Lipinski definition) is 2. The molecule has 0 fully saturated rings. The Bertz CT molecular complexity index is 816. The molecule has 1 aromatic heterocycles. The van der Waals surface area contributed by atoms with Crippen LogP contribution in [0.25, 0.3) is 22.0 Å². The van der Waals surface area contributed by atoms with Crippen molar-refractivity contribution < 1.29 is 0 Å². The highest BCUT2D eigenvalue weighted by atomic mass is 32.2. The minimum Gasteiger partial charge on any atom is -0.396 e. The van der Waals surface area contributed by atoms with Gasteiger partial charge < -0.3 is 11.5 Å². The fourth-order valence-electron chi connectivity index (χ4n) is 2.74. The number of aromatic nitrogens is 1. The van der Waals surface area contributed by atoms with Crippen molar-refractivity contribution >= 4 is 34.0 Å². The molecule has 0 atom stereocenters. The third-order valence-corrected chi connectivity index (χ3v) is 4.71. The third kappa shape index (κ3) is 3.27. The summed E-state index contributed by atoms with van der Waals surface area (Å²) in [6, 6.07) is 16.5. The molecular formula is C19H21N3S. The van der Waals surface area contributed by atoms with Crippen molar-refractivity contribution in [2.24, 2.45) is 0 Å². The lowest BCUT2D eigenvalue weighted by Gasteiger charge is -2.12. The molecule has 0 saturated carbocycles. The zero-order valence-electron chi connectivity index (χ0n) is 13.3. The molecule has 0 amide bonds. The molecular weight excluding hydrogens is 302 g/mol. The lowest BCUT2D eigenvalue weighted by Crippen LogP contribution is -2.04. The van der Waals surface area contributed by atoms with Crippen molar-refractivity contribution in [3.8, 4) is 11.1 Å². The van der Waals surface area contributed by atoms with Gasteiger partial charge in [-0.15, -0.1) is 0 Å². The number of nitrogen functional groups attached to an aromatic ring is 2. The van der Waals surface area contributed by atoms with E-state index in [0.717, 1.165) is 40.8 Å². The molecule has 0 radical (unpaired) electrons. The van der Waals surface area contributed by atoms with E-state index < -0.39 is 0 Å². The van der Waals surface area contributed by atoms with Crippen LogP contribution in [0.1, 0.15) is 12.1 Å². The number of nitrogens with zero attached hydrogens (tertiary/aromatic N) is 1. The zero-order chi connectivity index (χ0) is 16.2. The summed E-state index contributed by atoms with van der Waals surface area (Å²) >= 11 is 1.83. The van der Waals surface area contributed by atoms with E-state index in [9.17, 15) is 0 Å². The van der Waals surface area contributed by atoms with Gasteiger partial charge in [-0.2, -0.15) is 11.8 Å². The Kier molecular flexibility index (Phi) is 4.72. The van der Waals surface area contributed by atoms with Gasteiger partial charge in [-0.1, -0.05) is 42.5 Å². The summed E-state index contributed by atoms with van der Waals surface area (Å²) in [5.41, 5.74) is 17.9. The molecule has 118 valence electrons. The van der Waals surface area contributed by atoms with Crippen LogP contribution in [0.15, 0.2) is 48.5 Å². The van der Waals surface area contributed by atoms with Crippen LogP contribution in [0.4, 0.5) is 11.4 Å². The highest BCUT2D eigenvalue weighted by molar-refractivity contribution is 7.98. The van der Waals surface area contributed by atoms with Crippen LogP contribution in [0.5, 0.6) is 0 Å². The number of rotatable bonds is 5. The fourth-order valence-corrected chi connectivity index (χ4v) is 3.18. The quantitative estimate of drug-likeness (QED) is 0.685. The lowest BCUT2D eigenvalue weighted by atomic mass is 10.0. The number of thioether (sulfide) groups is 1. The fraction of sp³-hybridized carbons (Fsp3) is 0.211. The summed E-state index contributed by atoms with van der Waals surface area (Å²) in [6.07, 6.45) is 4.03. The maximum absolute atomic E-state index is 6.24. The summed E-state index contributed by atoms with van der Waals surface area (Å²) in [6.45, 7) is 0. The van der Waals surface area contributed by atoms with Crippen molar-refractivity contribution in [2.45, 2.75) is 12.8 Å². The molecule has 23 heavy (non-hydrogen) atoms. The second kappa shape index (κ2) is 6.92. The molecule has 0 unspecified atom stereocenters. The van der Waals surface area contributed by atoms with E-state index in [-0.39, 0.29) is 0 Å². The van der Waals surface area contributed by atoms with Crippen molar-refractivity contribution in [1.82, 2.24) is 4.98 Å². The van der Waals surface area contributed by atoms with Gasteiger partial charge in [-0.25, -0.2) is 0 Å². The van der Waals surface area contributed by atoms with E-state index in [0.29, 0.717) is 11.4 Å². The van der Waals surface area contributed by atoms with Crippen LogP contribution < -0.4 is 11.5 Å². The van der Waals surface area contributed by atoms with Crippen LogP contribution in [0.3, 0.4) is 0 Å². The first-order valence-corrected chi connectivity index (χ1v) is 9.12. The number of nitrogens with two attached hydrogens (primary N) is 2. The molecule has 0 spiro atoms. The van der Waals surface area contributed by atoms with Crippen LogP contribution in [0.2, 0.25) is 0 Å². The average molecular weight is 323 g/mol. The van der Waals surface area contributed by atoms with Crippen LogP contribution >= 0.6 is 11.8 Å². The second-order valence-electron chi connectivity index (χ2n) is 5.58. The number of benzene rings is 2. The Labute approximate surface area is 141 Å². The first-order chi connectivity index (χ1) is 11.2. The van der Waals surface area contributed by atoms with Gasteiger partial charge in [0.1, 0.15) is 0 Å². The van der Waals surface area contributed by atoms with Gasteiger partial charge in [0.25, 0.3) is 0 Å². The number of aryl methyl sites for hydroxylation is 1. The van der Waals surface area contributed by atoms with Crippen LogP contribution in [0, 0.1) is 0 Å². The molecule has 0 aliphatic heterocycles. The van der Waals surface area contributed by atoms with E-state index >= 15 is 0 Å². The number of hydrogen-bond acceptors (Lipinski definition) is 4. The lowest BCUT2D eigenvalue weighted by molar-refractivity contribution is 0.904. The Morgan fingerprint density at radius 2 is 1.74 bits per heavy atom. The monoisotopic (exact) mass is 323 g/mol. The first-order valence-electron chi connectivity index (χ1n) is 7.72.